The van der Waals surface area contributed by atoms with Crippen LogP contribution in [0.25, 0.3) is 0 Å². The number of thioether (sulfide) groups is 1. The molecule has 0 saturated carbocycles. The molecule has 1 aliphatic rings. The van der Waals surface area contributed by atoms with E-state index in [0.29, 0.717) is 6.61 Å². The molecule has 0 spiro atoms. The van der Waals surface area contributed by atoms with Crippen LogP contribution in [0.3, 0.4) is 0 Å². The van der Waals surface area contributed by atoms with Crippen molar-refractivity contribution in [3.8, 4) is 0 Å². The third kappa shape index (κ3) is 3.43. The number of benzene rings is 1. The van der Waals surface area contributed by atoms with Gasteiger partial charge >= 0.3 is 6.03 Å². The van der Waals surface area contributed by atoms with Crippen LogP contribution in [0.1, 0.15) is 12.5 Å². The molecular formula is C13H16N2O2S. The molecule has 1 heterocycles. The summed E-state index contributed by atoms with van der Waals surface area (Å²) in [5, 5.41) is 6.37. The van der Waals surface area contributed by atoms with Crippen molar-refractivity contribution in [3.63, 3.8) is 0 Å². The summed E-state index contributed by atoms with van der Waals surface area (Å²) in [6, 6.07) is 7.42. The number of hydrogen-bond donors (Lipinski definition) is 2. The molecule has 18 heavy (non-hydrogen) atoms. The highest BCUT2D eigenvalue weighted by Gasteiger charge is 2.13. The molecule has 2 amide bonds. The third-order valence-electron chi connectivity index (χ3n) is 2.50. The number of carbonyl (C=O) groups is 1. The Bertz CT molecular complexity index is 468. The number of urea groups is 1. The van der Waals surface area contributed by atoms with Crippen LogP contribution < -0.4 is 10.6 Å². The second-order valence-electron chi connectivity index (χ2n) is 4.03. The van der Waals surface area contributed by atoms with Crippen LogP contribution in [-0.2, 0) is 4.74 Å². The molecule has 0 aliphatic carbocycles. The summed E-state index contributed by atoms with van der Waals surface area (Å²) in [4.78, 5) is 11.8. The lowest BCUT2D eigenvalue weighted by molar-refractivity contribution is 0.225. The van der Waals surface area contributed by atoms with Crippen molar-refractivity contribution < 1.29 is 9.53 Å². The van der Waals surface area contributed by atoms with E-state index >= 15 is 0 Å². The fourth-order valence-corrected chi connectivity index (χ4v) is 2.33. The summed E-state index contributed by atoms with van der Waals surface area (Å²) in [5.41, 5.74) is 1.94. The van der Waals surface area contributed by atoms with Crippen molar-refractivity contribution in [2.75, 3.05) is 17.7 Å². The van der Waals surface area contributed by atoms with Crippen LogP contribution in [0, 0.1) is 6.92 Å². The van der Waals surface area contributed by atoms with Crippen LogP contribution in [0.5, 0.6) is 0 Å². The van der Waals surface area contributed by atoms with Crippen LogP contribution in [0.15, 0.2) is 35.1 Å². The number of amides is 2. The van der Waals surface area contributed by atoms with Crippen LogP contribution in [-0.4, -0.2) is 18.4 Å². The van der Waals surface area contributed by atoms with E-state index in [2.05, 4.69) is 10.6 Å². The summed E-state index contributed by atoms with van der Waals surface area (Å²) < 4.78 is 5.37. The van der Waals surface area contributed by atoms with Gasteiger partial charge < -0.3 is 10.1 Å². The number of aryl methyl sites for hydroxylation is 1. The van der Waals surface area contributed by atoms with Crippen LogP contribution >= 0.6 is 11.8 Å². The lowest BCUT2D eigenvalue weighted by atomic mass is 10.2. The molecule has 0 unspecified atom stereocenters. The van der Waals surface area contributed by atoms with E-state index in [4.69, 9.17) is 4.74 Å². The SMILES string of the molecule is CC1=C(NC(=O)Nc2ccc(C)cc2)SCCO1. The molecule has 0 aromatic heterocycles. The largest absolute Gasteiger partial charge is 0.495 e. The summed E-state index contributed by atoms with van der Waals surface area (Å²) >= 11 is 1.60. The average molecular weight is 264 g/mol. The molecule has 5 heteroatoms. The van der Waals surface area contributed by atoms with Gasteiger partial charge in [0.05, 0.1) is 6.61 Å². The Balaban J connectivity index is 1.94. The zero-order valence-electron chi connectivity index (χ0n) is 10.4. The highest BCUT2D eigenvalue weighted by Crippen LogP contribution is 2.22. The van der Waals surface area contributed by atoms with Gasteiger partial charge in [-0.05, 0) is 26.0 Å². The van der Waals surface area contributed by atoms with E-state index in [1.165, 1.54) is 0 Å². The minimum atomic E-state index is -0.244. The maximum Gasteiger partial charge on any atom is 0.324 e. The van der Waals surface area contributed by atoms with Gasteiger partial charge in [-0.3, -0.25) is 5.32 Å². The number of rotatable bonds is 2. The normalized spacial score (nSPS) is 15.0. The molecule has 1 aliphatic heterocycles. The molecule has 0 saturated heterocycles. The Morgan fingerprint density at radius 2 is 1.94 bits per heavy atom. The molecule has 0 fully saturated rings. The van der Waals surface area contributed by atoms with E-state index in [1.54, 1.807) is 11.8 Å². The fourth-order valence-electron chi connectivity index (χ4n) is 1.53. The third-order valence-corrected chi connectivity index (χ3v) is 3.55. The maximum absolute atomic E-state index is 11.8. The van der Waals surface area contributed by atoms with E-state index in [0.717, 1.165) is 27.8 Å². The minimum Gasteiger partial charge on any atom is -0.495 e. The Morgan fingerprint density at radius 1 is 1.22 bits per heavy atom. The predicted octanol–water partition coefficient (Wildman–Crippen LogP) is 3.07. The molecule has 1 aromatic carbocycles. The molecule has 1 aromatic rings. The molecule has 2 N–H and O–H groups in total. The standard InChI is InChI=1S/C13H16N2O2S/c1-9-3-5-11(6-4-9)14-13(16)15-12-10(2)17-7-8-18-12/h3-6H,7-8H2,1-2H3,(H2,14,15,16). The van der Waals surface area contributed by atoms with Gasteiger partial charge in [0.15, 0.2) is 0 Å². The van der Waals surface area contributed by atoms with Crippen molar-refractivity contribution in [2.45, 2.75) is 13.8 Å². The zero-order chi connectivity index (χ0) is 13.0. The van der Waals surface area contributed by atoms with Gasteiger partial charge in [0.25, 0.3) is 0 Å². The number of anilines is 1. The van der Waals surface area contributed by atoms with Gasteiger partial charge in [0, 0.05) is 11.4 Å². The quantitative estimate of drug-likeness (QED) is 0.863. The molecule has 0 bridgehead atoms. The van der Waals surface area contributed by atoms with E-state index < -0.39 is 0 Å². The summed E-state index contributed by atoms with van der Waals surface area (Å²) in [5.74, 6) is 1.63. The molecule has 0 atom stereocenters. The van der Waals surface area contributed by atoms with Crippen LogP contribution in [0.2, 0.25) is 0 Å². The first-order valence-corrected chi connectivity index (χ1v) is 6.75. The highest BCUT2D eigenvalue weighted by molar-refractivity contribution is 8.03. The fraction of sp³-hybridized carbons (Fsp3) is 0.308. The van der Waals surface area contributed by atoms with E-state index in [1.807, 2.05) is 38.1 Å². The first-order chi connectivity index (χ1) is 8.65. The Labute approximate surface area is 111 Å². The van der Waals surface area contributed by atoms with E-state index in [-0.39, 0.29) is 6.03 Å². The monoisotopic (exact) mass is 264 g/mol. The highest BCUT2D eigenvalue weighted by atomic mass is 32.2. The number of ether oxygens (including phenoxy) is 1. The lowest BCUT2D eigenvalue weighted by Crippen LogP contribution is -2.29. The number of nitrogens with one attached hydrogen (secondary N) is 2. The first-order valence-electron chi connectivity index (χ1n) is 5.76. The summed E-state index contributed by atoms with van der Waals surface area (Å²) in [6.45, 7) is 4.56. The smallest absolute Gasteiger partial charge is 0.324 e. The van der Waals surface area contributed by atoms with Gasteiger partial charge in [-0.2, -0.15) is 0 Å². The maximum atomic E-state index is 11.8. The van der Waals surface area contributed by atoms with Crippen molar-refractivity contribution in [2.24, 2.45) is 0 Å². The zero-order valence-corrected chi connectivity index (χ0v) is 11.3. The predicted molar refractivity (Wildman–Crippen MR) is 74.4 cm³/mol. The summed E-state index contributed by atoms with van der Waals surface area (Å²) in [7, 11) is 0. The average Bonchev–Trinajstić information content (AvgIpc) is 2.35. The Kier molecular flexibility index (Phi) is 4.15. The topological polar surface area (TPSA) is 50.4 Å². The number of allylic oxidation sites excluding steroid dienone is 1. The van der Waals surface area contributed by atoms with Crippen molar-refractivity contribution in [1.82, 2.24) is 5.32 Å². The molecule has 96 valence electrons. The Morgan fingerprint density at radius 3 is 2.61 bits per heavy atom. The van der Waals surface area contributed by atoms with Gasteiger partial charge in [-0.1, -0.05) is 17.7 Å². The molecule has 0 radical (unpaired) electrons. The number of carbonyl (C=O) groups excluding carboxylic acids is 1. The Hall–Kier alpha value is -1.62. The second-order valence-corrected chi connectivity index (χ2v) is 5.13. The van der Waals surface area contributed by atoms with Gasteiger partial charge in [0.1, 0.15) is 10.8 Å². The van der Waals surface area contributed by atoms with Gasteiger partial charge in [0.2, 0.25) is 0 Å². The molecule has 4 nitrogen and oxygen atoms in total. The van der Waals surface area contributed by atoms with Crippen molar-refractivity contribution >= 4 is 23.5 Å². The summed E-state index contributed by atoms with van der Waals surface area (Å²) in [6.07, 6.45) is 0. The van der Waals surface area contributed by atoms with Gasteiger partial charge in [-0.25, -0.2) is 4.79 Å². The van der Waals surface area contributed by atoms with Gasteiger partial charge in [-0.15, -0.1) is 11.8 Å². The van der Waals surface area contributed by atoms with E-state index in [9.17, 15) is 4.79 Å². The molecular weight excluding hydrogens is 248 g/mol. The molecule has 2 rings (SSSR count). The second kappa shape index (κ2) is 5.82. The van der Waals surface area contributed by atoms with Crippen molar-refractivity contribution in [3.05, 3.63) is 40.6 Å². The number of hydrogen-bond acceptors (Lipinski definition) is 3. The van der Waals surface area contributed by atoms with Crippen molar-refractivity contribution in [1.29, 1.82) is 0 Å². The van der Waals surface area contributed by atoms with Crippen LogP contribution in [0.4, 0.5) is 10.5 Å². The first kappa shape index (κ1) is 12.8. The minimum absolute atomic E-state index is 0.244. The lowest BCUT2D eigenvalue weighted by Gasteiger charge is -2.18.